The Balaban J connectivity index is 3.30. The molecule has 1 nitrogen and oxygen atoms in total. The van der Waals surface area contributed by atoms with Gasteiger partial charge in [-0.2, -0.15) is 18.4 Å². The number of unbranched alkanes of at least 4 members (excludes halogenated alkanes) is 1. The first kappa shape index (κ1) is 10.0. The summed E-state index contributed by atoms with van der Waals surface area (Å²) in [6, 6.07) is 1.70. The van der Waals surface area contributed by atoms with Crippen molar-refractivity contribution in [1.82, 2.24) is 0 Å². The van der Waals surface area contributed by atoms with Crippen molar-refractivity contribution >= 4 is 0 Å². The molecule has 0 spiro atoms. The Kier molecular flexibility index (Phi) is 4.35. The second-order valence-electron chi connectivity index (χ2n) is 2.04. The highest BCUT2D eigenvalue weighted by atomic mass is 19.4. The Morgan fingerprint density at radius 2 is 2.00 bits per heavy atom. The molecule has 0 atom stereocenters. The lowest BCUT2D eigenvalue weighted by Gasteiger charge is -2.02. The van der Waals surface area contributed by atoms with Gasteiger partial charge in [0.1, 0.15) is 0 Å². The summed E-state index contributed by atoms with van der Waals surface area (Å²) in [6.45, 7) is 0. The first-order valence-electron chi connectivity index (χ1n) is 3.17. The SMILES string of the molecule is N#C/C=C/CCCC(F)(F)F. The topological polar surface area (TPSA) is 23.8 Å². The number of hydrogen-bond donors (Lipinski definition) is 0. The Morgan fingerprint density at radius 1 is 1.36 bits per heavy atom. The summed E-state index contributed by atoms with van der Waals surface area (Å²) < 4.78 is 34.4. The van der Waals surface area contributed by atoms with Crippen molar-refractivity contribution < 1.29 is 13.2 Å². The van der Waals surface area contributed by atoms with Gasteiger partial charge in [0, 0.05) is 12.5 Å². The van der Waals surface area contributed by atoms with Gasteiger partial charge in [-0.15, -0.1) is 0 Å². The number of nitriles is 1. The van der Waals surface area contributed by atoms with Crippen molar-refractivity contribution in [2.75, 3.05) is 0 Å². The first-order valence-corrected chi connectivity index (χ1v) is 3.17. The Morgan fingerprint density at radius 3 is 2.45 bits per heavy atom. The maximum absolute atomic E-state index is 11.5. The molecule has 0 radical (unpaired) electrons. The molecule has 62 valence electrons. The highest BCUT2D eigenvalue weighted by Crippen LogP contribution is 2.22. The molecule has 0 aromatic rings. The van der Waals surface area contributed by atoms with Crippen molar-refractivity contribution in [3.8, 4) is 6.07 Å². The van der Waals surface area contributed by atoms with Crippen molar-refractivity contribution in [2.45, 2.75) is 25.4 Å². The highest BCUT2D eigenvalue weighted by Gasteiger charge is 2.25. The van der Waals surface area contributed by atoms with Crippen LogP contribution in [0.5, 0.6) is 0 Å². The van der Waals surface area contributed by atoms with Crippen LogP contribution in [-0.2, 0) is 0 Å². The van der Waals surface area contributed by atoms with Gasteiger partial charge in [-0.05, 0) is 12.8 Å². The number of halogens is 3. The maximum atomic E-state index is 11.5. The van der Waals surface area contributed by atoms with Gasteiger partial charge >= 0.3 is 6.18 Å². The molecule has 0 aromatic carbocycles. The zero-order valence-electron chi connectivity index (χ0n) is 5.86. The molecule has 11 heavy (non-hydrogen) atoms. The first-order chi connectivity index (χ1) is 5.06. The van der Waals surface area contributed by atoms with E-state index in [-0.39, 0.29) is 6.42 Å². The average Bonchev–Trinajstić information content (AvgIpc) is 1.85. The van der Waals surface area contributed by atoms with Crippen LogP contribution < -0.4 is 0 Å². The van der Waals surface area contributed by atoms with Crippen molar-refractivity contribution in [3.05, 3.63) is 12.2 Å². The Bertz CT molecular complexity index is 164. The van der Waals surface area contributed by atoms with Crippen LogP contribution in [0.25, 0.3) is 0 Å². The van der Waals surface area contributed by atoms with E-state index in [1.807, 2.05) is 0 Å². The molecule has 0 rings (SSSR count). The van der Waals surface area contributed by atoms with Crippen LogP contribution in [0, 0.1) is 11.3 Å². The summed E-state index contributed by atoms with van der Waals surface area (Å²) in [7, 11) is 0. The van der Waals surface area contributed by atoms with Gasteiger partial charge in [0.25, 0.3) is 0 Å². The molecule has 0 saturated heterocycles. The normalized spacial score (nSPS) is 11.8. The molecule has 0 heterocycles. The minimum atomic E-state index is -4.07. The van der Waals surface area contributed by atoms with E-state index < -0.39 is 12.6 Å². The van der Waals surface area contributed by atoms with Crippen LogP contribution in [0.2, 0.25) is 0 Å². The number of allylic oxidation sites excluding steroid dienone is 2. The highest BCUT2D eigenvalue weighted by molar-refractivity contribution is 5.01. The molecule has 0 bridgehead atoms. The van der Waals surface area contributed by atoms with Gasteiger partial charge in [0.2, 0.25) is 0 Å². The molecule has 0 aliphatic carbocycles. The minimum absolute atomic E-state index is 0.0572. The molecule has 0 aromatic heterocycles. The molecule has 0 fully saturated rings. The second-order valence-corrected chi connectivity index (χ2v) is 2.04. The largest absolute Gasteiger partial charge is 0.389 e. The third-order valence-electron chi connectivity index (χ3n) is 1.02. The van der Waals surface area contributed by atoms with Gasteiger partial charge in [0.05, 0.1) is 6.07 Å². The second kappa shape index (κ2) is 4.78. The standard InChI is InChI=1S/C7H8F3N/c8-7(9,10)5-3-1-2-4-6-11/h2,4H,1,3,5H2/b4-2+. The Hall–Kier alpha value is -0.980. The molecule has 0 unspecified atom stereocenters. The molecule has 0 N–H and O–H groups in total. The van der Waals surface area contributed by atoms with Crippen LogP contribution in [0.1, 0.15) is 19.3 Å². The lowest BCUT2D eigenvalue weighted by atomic mass is 10.2. The molecule has 0 amide bonds. The van der Waals surface area contributed by atoms with Gasteiger partial charge < -0.3 is 0 Å². The molecular formula is C7H8F3N. The summed E-state index contributed by atoms with van der Waals surface area (Å²) in [5, 5.41) is 7.97. The smallest absolute Gasteiger partial charge is 0.193 e. The predicted molar refractivity (Wildman–Crippen MR) is 34.7 cm³/mol. The predicted octanol–water partition coefficient (Wildman–Crippen LogP) is 2.80. The third-order valence-corrected chi connectivity index (χ3v) is 1.02. The summed E-state index contributed by atoms with van der Waals surface area (Å²) in [5.41, 5.74) is 0. The summed E-state index contributed by atoms with van der Waals surface area (Å²) >= 11 is 0. The fourth-order valence-electron chi connectivity index (χ4n) is 0.556. The molecule has 4 heteroatoms. The maximum Gasteiger partial charge on any atom is 0.389 e. The quantitative estimate of drug-likeness (QED) is 0.463. The third kappa shape index (κ3) is 9.02. The number of alkyl halides is 3. The minimum Gasteiger partial charge on any atom is -0.193 e. The van der Waals surface area contributed by atoms with Crippen LogP contribution in [0.3, 0.4) is 0 Å². The zero-order chi connectivity index (χ0) is 8.74. The van der Waals surface area contributed by atoms with E-state index in [1.54, 1.807) is 6.07 Å². The average molecular weight is 163 g/mol. The molecule has 0 aliphatic heterocycles. The fourth-order valence-corrected chi connectivity index (χ4v) is 0.556. The van der Waals surface area contributed by atoms with Crippen LogP contribution in [0.4, 0.5) is 13.2 Å². The zero-order valence-corrected chi connectivity index (χ0v) is 5.86. The number of hydrogen-bond acceptors (Lipinski definition) is 1. The number of nitrogens with zero attached hydrogens (tertiary/aromatic N) is 1. The fraction of sp³-hybridized carbons (Fsp3) is 0.571. The van der Waals surface area contributed by atoms with Crippen molar-refractivity contribution in [1.29, 1.82) is 5.26 Å². The van der Waals surface area contributed by atoms with E-state index >= 15 is 0 Å². The van der Waals surface area contributed by atoms with E-state index in [2.05, 4.69) is 0 Å². The summed E-state index contributed by atoms with van der Waals surface area (Å²) in [6.07, 6.45) is -1.85. The van der Waals surface area contributed by atoms with Gasteiger partial charge in [0.15, 0.2) is 0 Å². The van der Waals surface area contributed by atoms with Gasteiger partial charge in [-0.1, -0.05) is 6.08 Å². The Labute approximate surface area is 63.1 Å². The van der Waals surface area contributed by atoms with Gasteiger partial charge in [-0.3, -0.25) is 0 Å². The summed E-state index contributed by atoms with van der Waals surface area (Å²) in [4.78, 5) is 0. The number of rotatable bonds is 3. The summed E-state index contributed by atoms with van der Waals surface area (Å²) in [5.74, 6) is 0. The van der Waals surface area contributed by atoms with Crippen LogP contribution in [0.15, 0.2) is 12.2 Å². The lowest BCUT2D eigenvalue weighted by molar-refractivity contribution is -0.135. The van der Waals surface area contributed by atoms with E-state index in [4.69, 9.17) is 5.26 Å². The van der Waals surface area contributed by atoms with E-state index in [0.29, 0.717) is 6.42 Å². The van der Waals surface area contributed by atoms with E-state index in [9.17, 15) is 13.2 Å². The van der Waals surface area contributed by atoms with E-state index in [1.165, 1.54) is 12.2 Å². The van der Waals surface area contributed by atoms with Crippen molar-refractivity contribution in [3.63, 3.8) is 0 Å². The monoisotopic (exact) mass is 163 g/mol. The van der Waals surface area contributed by atoms with Crippen molar-refractivity contribution in [2.24, 2.45) is 0 Å². The van der Waals surface area contributed by atoms with Crippen LogP contribution in [-0.4, -0.2) is 6.18 Å². The molecule has 0 saturated carbocycles. The molecule has 0 aliphatic rings. The van der Waals surface area contributed by atoms with Gasteiger partial charge in [-0.25, -0.2) is 0 Å². The van der Waals surface area contributed by atoms with Crippen LogP contribution >= 0.6 is 0 Å². The van der Waals surface area contributed by atoms with E-state index in [0.717, 1.165) is 0 Å². The lowest BCUT2D eigenvalue weighted by Crippen LogP contribution is -2.05. The molecular weight excluding hydrogens is 155 g/mol.